The predicted octanol–water partition coefficient (Wildman–Crippen LogP) is 4.68. The summed E-state index contributed by atoms with van der Waals surface area (Å²) >= 11 is 0. The van der Waals surface area contributed by atoms with E-state index in [1.165, 1.54) is 5.56 Å². The lowest BCUT2D eigenvalue weighted by Gasteiger charge is -2.44. The van der Waals surface area contributed by atoms with Crippen molar-refractivity contribution < 1.29 is 4.79 Å². The molecular weight excluding hydrogens is 322 g/mol. The summed E-state index contributed by atoms with van der Waals surface area (Å²) in [6.45, 7) is 19.6. The normalized spacial score (nSPS) is 29.3. The van der Waals surface area contributed by atoms with Crippen molar-refractivity contribution in [2.24, 2.45) is 16.7 Å². The van der Waals surface area contributed by atoms with Crippen LogP contribution in [0, 0.1) is 16.7 Å². The SMILES string of the molecule is CC(C)(C)C(=O)C1C(C(C)(C)C)C2c3cccnc3NC2N1C(C)(C)C. The molecule has 4 atom stereocenters. The van der Waals surface area contributed by atoms with Gasteiger partial charge in [0.2, 0.25) is 0 Å². The molecule has 3 rings (SSSR count). The molecule has 0 amide bonds. The average Bonchev–Trinajstić information content (AvgIpc) is 2.97. The van der Waals surface area contributed by atoms with E-state index >= 15 is 0 Å². The molecule has 1 fully saturated rings. The fourth-order valence-corrected chi connectivity index (χ4v) is 4.96. The summed E-state index contributed by atoms with van der Waals surface area (Å²) in [6.07, 6.45) is 1.96. The number of nitrogens with one attached hydrogen (secondary N) is 1. The Bertz CT molecular complexity index is 705. The molecule has 1 saturated heterocycles. The third-order valence-corrected chi connectivity index (χ3v) is 5.93. The smallest absolute Gasteiger partial charge is 0.155 e. The van der Waals surface area contributed by atoms with Gasteiger partial charge in [0.25, 0.3) is 0 Å². The number of ketones is 1. The molecule has 0 aromatic carbocycles. The minimum Gasteiger partial charge on any atom is -0.354 e. The Morgan fingerprint density at radius 2 is 1.69 bits per heavy atom. The summed E-state index contributed by atoms with van der Waals surface area (Å²) in [5.41, 5.74) is 0.779. The zero-order chi connectivity index (χ0) is 19.7. The standard InChI is InChI=1S/C22H35N3O/c1-20(2,3)15-14-13-11-10-12-23-18(13)24-19(14)25(22(7,8)9)16(15)17(26)21(4,5)6/h10-12,14-16,19H,1-9H3,(H,23,24). The molecule has 0 bridgehead atoms. The molecule has 0 saturated carbocycles. The second kappa shape index (κ2) is 5.79. The Labute approximate surface area is 158 Å². The van der Waals surface area contributed by atoms with Crippen LogP contribution in [0.25, 0.3) is 0 Å². The van der Waals surface area contributed by atoms with Crippen molar-refractivity contribution in [2.75, 3.05) is 5.32 Å². The summed E-state index contributed by atoms with van der Waals surface area (Å²) in [6, 6.07) is 4.10. The van der Waals surface area contributed by atoms with E-state index in [1.807, 2.05) is 33.0 Å². The van der Waals surface area contributed by atoms with Crippen LogP contribution in [0.15, 0.2) is 18.3 Å². The Balaban J connectivity index is 2.21. The van der Waals surface area contributed by atoms with Crippen LogP contribution in [0.1, 0.15) is 73.8 Å². The van der Waals surface area contributed by atoms with Crippen LogP contribution in [0.4, 0.5) is 5.82 Å². The summed E-state index contributed by atoms with van der Waals surface area (Å²) < 4.78 is 0. The number of hydrogen-bond acceptors (Lipinski definition) is 4. The van der Waals surface area contributed by atoms with E-state index in [0.29, 0.717) is 5.78 Å². The monoisotopic (exact) mass is 357 g/mol. The van der Waals surface area contributed by atoms with E-state index in [2.05, 4.69) is 62.8 Å². The third kappa shape index (κ3) is 2.96. The largest absolute Gasteiger partial charge is 0.354 e. The number of fused-ring (bicyclic) bond motifs is 3. The van der Waals surface area contributed by atoms with Gasteiger partial charge in [0, 0.05) is 28.6 Å². The van der Waals surface area contributed by atoms with Gasteiger partial charge in [-0.2, -0.15) is 0 Å². The van der Waals surface area contributed by atoms with Crippen LogP contribution in [-0.2, 0) is 4.79 Å². The number of carbonyl (C=O) groups excluding carboxylic acids is 1. The first-order valence-corrected chi connectivity index (χ1v) is 9.79. The molecule has 0 radical (unpaired) electrons. The molecule has 4 unspecified atom stereocenters. The quantitative estimate of drug-likeness (QED) is 0.793. The highest BCUT2D eigenvalue weighted by atomic mass is 16.1. The second-order valence-corrected chi connectivity index (χ2v) is 11.1. The predicted molar refractivity (Wildman–Crippen MR) is 107 cm³/mol. The Hall–Kier alpha value is -1.42. The molecule has 3 heterocycles. The van der Waals surface area contributed by atoms with E-state index in [9.17, 15) is 4.79 Å². The van der Waals surface area contributed by atoms with E-state index in [0.717, 1.165) is 5.82 Å². The minimum atomic E-state index is -0.367. The maximum atomic E-state index is 13.6. The van der Waals surface area contributed by atoms with E-state index in [-0.39, 0.29) is 40.4 Å². The maximum absolute atomic E-state index is 13.6. The first-order valence-electron chi connectivity index (χ1n) is 9.79. The highest BCUT2D eigenvalue weighted by Gasteiger charge is 2.61. The number of anilines is 1. The Morgan fingerprint density at radius 1 is 1.08 bits per heavy atom. The van der Waals surface area contributed by atoms with Crippen LogP contribution in [0.3, 0.4) is 0 Å². The zero-order valence-corrected chi connectivity index (χ0v) is 17.8. The fourth-order valence-electron chi connectivity index (χ4n) is 4.96. The summed E-state index contributed by atoms with van der Waals surface area (Å²) in [7, 11) is 0. The van der Waals surface area contributed by atoms with Crippen LogP contribution >= 0.6 is 0 Å². The van der Waals surface area contributed by atoms with Gasteiger partial charge < -0.3 is 5.32 Å². The zero-order valence-electron chi connectivity index (χ0n) is 17.8. The molecule has 144 valence electrons. The molecule has 2 aliphatic heterocycles. The van der Waals surface area contributed by atoms with Crippen LogP contribution < -0.4 is 5.32 Å². The molecule has 4 heteroatoms. The number of nitrogens with zero attached hydrogens (tertiary/aromatic N) is 2. The number of hydrogen-bond donors (Lipinski definition) is 1. The fraction of sp³-hybridized carbons (Fsp3) is 0.727. The molecular formula is C22H35N3O. The van der Waals surface area contributed by atoms with Crippen LogP contribution in [0.2, 0.25) is 0 Å². The number of likely N-dealkylation sites (tertiary alicyclic amines) is 1. The van der Waals surface area contributed by atoms with Gasteiger partial charge >= 0.3 is 0 Å². The minimum absolute atomic E-state index is 0.00756. The number of pyridine rings is 1. The molecule has 1 aromatic rings. The van der Waals surface area contributed by atoms with Crippen molar-refractivity contribution in [1.82, 2.24) is 9.88 Å². The van der Waals surface area contributed by atoms with Gasteiger partial charge in [-0.15, -0.1) is 0 Å². The topological polar surface area (TPSA) is 45.2 Å². The summed E-state index contributed by atoms with van der Waals surface area (Å²) in [5, 5.41) is 3.65. The van der Waals surface area contributed by atoms with Gasteiger partial charge in [0.15, 0.2) is 5.78 Å². The molecule has 1 aromatic heterocycles. The third-order valence-electron chi connectivity index (χ3n) is 5.93. The average molecular weight is 358 g/mol. The van der Waals surface area contributed by atoms with Gasteiger partial charge in [0.1, 0.15) is 5.82 Å². The van der Waals surface area contributed by atoms with E-state index in [4.69, 9.17) is 0 Å². The van der Waals surface area contributed by atoms with Crippen molar-refractivity contribution in [3.05, 3.63) is 23.9 Å². The van der Waals surface area contributed by atoms with E-state index < -0.39 is 0 Å². The van der Waals surface area contributed by atoms with Gasteiger partial charge in [0.05, 0.1) is 12.2 Å². The lowest BCUT2D eigenvalue weighted by molar-refractivity contribution is -0.136. The second-order valence-electron chi connectivity index (χ2n) is 11.1. The number of aromatic nitrogens is 1. The molecule has 0 spiro atoms. The van der Waals surface area contributed by atoms with Crippen molar-refractivity contribution >= 4 is 11.6 Å². The number of Topliss-reactive ketones (excluding diaryl/α,β-unsaturated/α-hetero) is 1. The maximum Gasteiger partial charge on any atom is 0.155 e. The van der Waals surface area contributed by atoms with Crippen molar-refractivity contribution in [1.29, 1.82) is 0 Å². The molecule has 1 N–H and O–H groups in total. The highest BCUT2D eigenvalue weighted by molar-refractivity contribution is 5.90. The molecule has 2 aliphatic rings. The van der Waals surface area contributed by atoms with Crippen LogP contribution in [0.5, 0.6) is 0 Å². The number of carbonyl (C=O) groups is 1. The van der Waals surface area contributed by atoms with E-state index in [1.54, 1.807) is 0 Å². The molecule has 26 heavy (non-hydrogen) atoms. The van der Waals surface area contributed by atoms with Gasteiger partial charge in [-0.25, -0.2) is 4.98 Å². The first-order chi connectivity index (χ1) is 11.7. The Kier molecular flexibility index (Phi) is 4.31. The van der Waals surface area contributed by atoms with Crippen molar-refractivity contribution in [3.8, 4) is 0 Å². The van der Waals surface area contributed by atoms with Crippen LogP contribution in [-0.4, -0.2) is 33.4 Å². The molecule has 4 nitrogen and oxygen atoms in total. The molecule has 0 aliphatic carbocycles. The lowest BCUT2D eigenvalue weighted by Crippen LogP contribution is -2.57. The summed E-state index contributed by atoms with van der Waals surface area (Å²) in [5.74, 6) is 1.83. The van der Waals surface area contributed by atoms with Crippen molar-refractivity contribution in [2.45, 2.75) is 86.0 Å². The number of rotatable bonds is 1. The summed E-state index contributed by atoms with van der Waals surface area (Å²) in [4.78, 5) is 20.6. The van der Waals surface area contributed by atoms with Gasteiger partial charge in [-0.1, -0.05) is 47.6 Å². The van der Waals surface area contributed by atoms with Crippen molar-refractivity contribution in [3.63, 3.8) is 0 Å². The highest BCUT2D eigenvalue weighted by Crippen LogP contribution is 2.57. The first kappa shape index (κ1) is 19.3. The van der Waals surface area contributed by atoms with Gasteiger partial charge in [-0.05, 0) is 38.2 Å². The lowest BCUT2D eigenvalue weighted by atomic mass is 9.66. The van der Waals surface area contributed by atoms with Gasteiger partial charge in [-0.3, -0.25) is 9.69 Å². The Morgan fingerprint density at radius 3 is 2.19 bits per heavy atom.